The molecule has 3 fully saturated rings. The number of carbonyl (C=O) groups excluding carboxylic acids is 1. The van der Waals surface area contributed by atoms with Crippen molar-refractivity contribution in [2.24, 2.45) is 5.92 Å². The van der Waals surface area contributed by atoms with E-state index in [2.05, 4.69) is 42.7 Å². The van der Waals surface area contributed by atoms with Gasteiger partial charge in [-0.2, -0.15) is 0 Å². The van der Waals surface area contributed by atoms with E-state index in [0.717, 1.165) is 43.7 Å². The normalized spacial score (nSPS) is 22.6. The van der Waals surface area contributed by atoms with E-state index >= 15 is 0 Å². The number of piperidine rings is 1. The second kappa shape index (κ2) is 10.1. The number of rotatable bonds is 7. The van der Waals surface area contributed by atoms with Crippen molar-refractivity contribution in [3.8, 4) is 0 Å². The van der Waals surface area contributed by atoms with E-state index < -0.39 is 11.0 Å². The van der Waals surface area contributed by atoms with Crippen LogP contribution in [0.1, 0.15) is 39.2 Å². The first kappa shape index (κ1) is 25.2. The largest absolute Gasteiger partial charge is 0.349 e. The van der Waals surface area contributed by atoms with Crippen molar-refractivity contribution in [2.75, 3.05) is 51.0 Å². The van der Waals surface area contributed by atoms with Crippen LogP contribution < -0.4 is 4.90 Å². The molecule has 3 aliphatic heterocycles. The predicted octanol–water partition coefficient (Wildman–Crippen LogP) is 4.25. The number of likely N-dealkylation sites (tertiary alicyclic amines) is 1. The second-order valence-corrected chi connectivity index (χ2v) is 11.1. The molecule has 36 heavy (non-hydrogen) atoms. The fourth-order valence-corrected chi connectivity index (χ4v) is 6.19. The van der Waals surface area contributed by atoms with E-state index in [-0.39, 0.29) is 18.0 Å². The van der Waals surface area contributed by atoms with Crippen LogP contribution in [-0.4, -0.2) is 73.6 Å². The van der Waals surface area contributed by atoms with Crippen LogP contribution in [0.25, 0.3) is 0 Å². The summed E-state index contributed by atoms with van der Waals surface area (Å²) in [6.45, 7) is 11.3. The van der Waals surface area contributed by atoms with Crippen molar-refractivity contribution in [3.05, 3.63) is 66.0 Å². The molecule has 5 rings (SSSR count). The average molecular weight is 496 g/mol. The number of halogens is 1. The van der Waals surface area contributed by atoms with Crippen molar-refractivity contribution in [2.45, 2.75) is 50.9 Å². The van der Waals surface area contributed by atoms with Crippen LogP contribution >= 0.6 is 0 Å². The third kappa shape index (κ3) is 4.64. The summed E-state index contributed by atoms with van der Waals surface area (Å²) < 4.78 is 25.6. The minimum absolute atomic E-state index is 0.249. The van der Waals surface area contributed by atoms with Gasteiger partial charge in [-0.15, -0.1) is 0 Å². The lowest BCUT2D eigenvalue weighted by Gasteiger charge is -2.46. The Hall–Kier alpha value is -2.48. The van der Waals surface area contributed by atoms with Gasteiger partial charge in [0.2, 0.25) is 5.91 Å². The van der Waals surface area contributed by atoms with Gasteiger partial charge < -0.3 is 24.2 Å². The number of carbonyl (C=O) groups is 1. The smallest absolute Gasteiger partial charge is 0.250 e. The van der Waals surface area contributed by atoms with Crippen molar-refractivity contribution in [1.29, 1.82) is 0 Å². The maximum atomic E-state index is 13.8. The number of para-hydroxylation sites is 1. The fraction of sp³-hybridized carbons (Fsp3) is 0.552. The SMILES string of the molecule is CC(C)CN1CN(c2ccccc2)C2(CCN(C[C@](C)(c3ccc(F)cc3)C3OCCO3)CC2)C1=O. The number of hydrogen-bond donors (Lipinski definition) is 0. The molecule has 2 aromatic rings. The molecule has 0 radical (unpaired) electrons. The highest BCUT2D eigenvalue weighted by molar-refractivity contribution is 5.93. The molecule has 194 valence electrons. The molecular weight excluding hydrogens is 457 g/mol. The summed E-state index contributed by atoms with van der Waals surface area (Å²) >= 11 is 0. The van der Waals surface area contributed by atoms with Gasteiger partial charge in [-0.05, 0) is 55.5 Å². The molecule has 0 N–H and O–H groups in total. The molecule has 6 nitrogen and oxygen atoms in total. The Bertz CT molecular complexity index is 1030. The number of hydrogen-bond acceptors (Lipinski definition) is 5. The zero-order chi connectivity index (χ0) is 25.3. The molecule has 3 saturated heterocycles. The highest BCUT2D eigenvalue weighted by Gasteiger charge is 2.54. The predicted molar refractivity (Wildman–Crippen MR) is 138 cm³/mol. The monoisotopic (exact) mass is 495 g/mol. The molecule has 2 aromatic carbocycles. The Morgan fingerprint density at radius 2 is 1.67 bits per heavy atom. The second-order valence-electron chi connectivity index (χ2n) is 11.1. The van der Waals surface area contributed by atoms with Crippen molar-refractivity contribution < 1.29 is 18.7 Å². The third-order valence-electron chi connectivity index (χ3n) is 8.05. The van der Waals surface area contributed by atoms with Crippen LogP contribution in [0.2, 0.25) is 0 Å². The van der Waals surface area contributed by atoms with Gasteiger partial charge in [-0.25, -0.2) is 4.39 Å². The van der Waals surface area contributed by atoms with E-state index in [9.17, 15) is 9.18 Å². The molecule has 0 aromatic heterocycles. The van der Waals surface area contributed by atoms with Crippen molar-refractivity contribution >= 4 is 11.6 Å². The summed E-state index contributed by atoms with van der Waals surface area (Å²) in [6, 6.07) is 17.0. The Morgan fingerprint density at radius 3 is 2.28 bits per heavy atom. The van der Waals surface area contributed by atoms with Crippen LogP contribution in [0.3, 0.4) is 0 Å². The number of anilines is 1. The minimum atomic E-state index is -0.515. The summed E-state index contributed by atoms with van der Waals surface area (Å²) in [4.78, 5) is 20.6. The van der Waals surface area contributed by atoms with Gasteiger partial charge in [-0.3, -0.25) is 4.79 Å². The molecule has 0 saturated carbocycles. The summed E-state index contributed by atoms with van der Waals surface area (Å²) in [5, 5.41) is 0. The lowest BCUT2D eigenvalue weighted by molar-refractivity contribution is -0.134. The fourth-order valence-electron chi connectivity index (χ4n) is 6.19. The van der Waals surface area contributed by atoms with E-state index in [1.54, 1.807) is 0 Å². The maximum absolute atomic E-state index is 13.8. The minimum Gasteiger partial charge on any atom is -0.349 e. The first-order valence-electron chi connectivity index (χ1n) is 13.2. The molecule has 0 bridgehead atoms. The van der Waals surface area contributed by atoms with Crippen molar-refractivity contribution in [1.82, 2.24) is 9.80 Å². The quantitative estimate of drug-likeness (QED) is 0.575. The van der Waals surface area contributed by atoms with Crippen LogP contribution in [0.15, 0.2) is 54.6 Å². The summed E-state index contributed by atoms with van der Waals surface area (Å²) in [7, 11) is 0. The van der Waals surface area contributed by atoms with Crippen LogP contribution in [0.5, 0.6) is 0 Å². The number of ether oxygens (including phenoxy) is 2. The van der Waals surface area contributed by atoms with Crippen LogP contribution in [0, 0.1) is 11.7 Å². The molecule has 7 heteroatoms. The highest BCUT2D eigenvalue weighted by atomic mass is 19.1. The summed E-state index contributed by atoms with van der Waals surface area (Å²) in [5.41, 5.74) is 1.15. The zero-order valence-corrected chi connectivity index (χ0v) is 21.7. The Kier molecular flexibility index (Phi) is 7.07. The summed E-state index contributed by atoms with van der Waals surface area (Å²) in [5.74, 6) is 0.425. The first-order chi connectivity index (χ1) is 17.3. The molecule has 3 aliphatic rings. The van der Waals surface area contributed by atoms with Gasteiger partial charge >= 0.3 is 0 Å². The highest BCUT2D eigenvalue weighted by Crippen LogP contribution is 2.41. The Balaban J connectivity index is 1.37. The van der Waals surface area contributed by atoms with E-state index in [1.807, 2.05) is 35.2 Å². The van der Waals surface area contributed by atoms with E-state index in [4.69, 9.17) is 9.47 Å². The summed E-state index contributed by atoms with van der Waals surface area (Å²) in [6.07, 6.45) is 1.15. The molecule has 1 amide bonds. The van der Waals surface area contributed by atoms with Crippen LogP contribution in [-0.2, 0) is 19.7 Å². The average Bonchev–Trinajstić information content (AvgIpc) is 3.51. The van der Waals surface area contributed by atoms with Crippen molar-refractivity contribution in [3.63, 3.8) is 0 Å². The standard InChI is InChI=1S/C29H38FN3O3/c1-22(2)19-32-21-33(25-7-5-4-6-8-25)29(26(32)34)13-15-31(16-14-29)20-28(3,27-35-17-18-36-27)23-9-11-24(30)12-10-23/h4-12,22,27H,13-21H2,1-3H3/t28-/m1/s1. The topological polar surface area (TPSA) is 45.2 Å². The number of nitrogens with zero attached hydrogens (tertiary/aromatic N) is 3. The van der Waals surface area contributed by atoms with Gasteiger partial charge in [0.15, 0.2) is 6.29 Å². The van der Waals surface area contributed by atoms with Gasteiger partial charge in [0.05, 0.1) is 25.3 Å². The van der Waals surface area contributed by atoms with Gasteiger partial charge in [0.25, 0.3) is 0 Å². The maximum Gasteiger partial charge on any atom is 0.250 e. The number of amides is 1. The third-order valence-corrected chi connectivity index (χ3v) is 8.05. The Morgan fingerprint density at radius 1 is 1.03 bits per heavy atom. The molecule has 0 aliphatic carbocycles. The number of benzene rings is 2. The molecular formula is C29H38FN3O3. The van der Waals surface area contributed by atoms with E-state index in [1.165, 1.54) is 12.1 Å². The molecule has 0 unspecified atom stereocenters. The lowest BCUT2D eigenvalue weighted by Crippen LogP contribution is -2.58. The van der Waals surface area contributed by atoms with E-state index in [0.29, 0.717) is 32.3 Å². The molecule has 3 heterocycles. The van der Waals surface area contributed by atoms with Gasteiger partial charge in [0.1, 0.15) is 11.4 Å². The van der Waals surface area contributed by atoms with Crippen LogP contribution in [0.4, 0.5) is 10.1 Å². The molecule has 1 spiro atoms. The first-order valence-corrected chi connectivity index (χ1v) is 13.2. The van der Waals surface area contributed by atoms with Gasteiger partial charge in [-0.1, -0.05) is 44.2 Å². The van der Waals surface area contributed by atoms with Gasteiger partial charge in [0, 0.05) is 31.9 Å². The zero-order valence-electron chi connectivity index (χ0n) is 21.7. The Labute approximate surface area is 214 Å². The molecule has 1 atom stereocenters. The lowest BCUT2D eigenvalue weighted by atomic mass is 9.79.